The molecule has 0 fully saturated rings. The van der Waals surface area contributed by atoms with Crippen molar-refractivity contribution in [2.45, 2.75) is 33.0 Å². The minimum Gasteiger partial charge on any atom is -0.396 e. The molecule has 1 aromatic rings. The molecule has 3 N–H and O–H groups in total. The summed E-state index contributed by atoms with van der Waals surface area (Å²) in [7, 11) is 0. The zero-order valence-corrected chi connectivity index (χ0v) is 12.5. The fraction of sp³-hybridized carbons (Fsp3) is 0.625. The van der Waals surface area contributed by atoms with Gasteiger partial charge in [0, 0.05) is 19.7 Å². The van der Waals surface area contributed by atoms with E-state index in [0.29, 0.717) is 19.8 Å². The summed E-state index contributed by atoms with van der Waals surface area (Å²) in [6.07, 6.45) is 0.240. The predicted molar refractivity (Wildman–Crippen MR) is 80.5 cm³/mol. The maximum atomic E-state index is 9.82. The third kappa shape index (κ3) is 7.60. The van der Waals surface area contributed by atoms with Gasteiger partial charge in [-0.25, -0.2) is 0 Å². The van der Waals surface area contributed by atoms with Gasteiger partial charge in [-0.2, -0.15) is 0 Å². The van der Waals surface area contributed by atoms with E-state index in [1.807, 2.05) is 30.3 Å². The van der Waals surface area contributed by atoms with E-state index in [1.165, 1.54) is 0 Å². The summed E-state index contributed by atoms with van der Waals surface area (Å²) >= 11 is 0. The lowest BCUT2D eigenvalue weighted by molar-refractivity contribution is 0.0276. The van der Waals surface area contributed by atoms with E-state index in [2.05, 4.69) is 19.2 Å². The van der Waals surface area contributed by atoms with Crippen LogP contribution in [0.1, 0.15) is 25.8 Å². The molecule has 1 atom stereocenters. The Kier molecular flexibility index (Phi) is 7.77. The molecule has 0 amide bonds. The molecule has 0 saturated carbocycles. The first-order valence-electron chi connectivity index (χ1n) is 7.15. The molecular weight excluding hydrogens is 254 g/mol. The maximum absolute atomic E-state index is 9.82. The molecular formula is C16H27NO3. The standard InChI is InChI=1S/C16H27NO3/c1-16(2,8-9-18)13-17-10-15(19)12-20-11-14-6-4-3-5-7-14/h3-7,15,17-19H,8-13H2,1-2H3. The lowest BCUT2D eigenvalue weighted by Gasteiger charge is -2.24. The van der Waals surface area contributed by atoms with Crippen molar-refractivity contribution in [1.29, 1.82) is 0 Å². The van der Waals surface area contributed by atoms with E-state index >= 15 is 0 Å². The van der Waals surface area contributed by atoms with Gasteiger partial charge in [0.25, 0.3) is 0 Å². The van der Waals surface area contributed by atoms with Crippen LogP contribution < -0.4 is 5.32 Å². The van der Waals surface area contributed by atoms with Gasteiger partial charge in [-0.15, -0.1) is 0 Å². The Bertz CT molecular complexity index is 354. The molecule has 0 aliphatic heterocycles. The van der Waals surface area contributed by atoms with Crippen molar-refractivity contribution < 1.29 is 14.9 Å². The van der Waals surface area contributed by atoms with Crippen molar-refractivity contribution in [2.24, 2.45) is 5.41 Å². The van der Waals surface area contributed by atoms with Crippen molar-refractivity contribution in [3.63, 3.8) is 0 Å². The van der Waals surface area contributed by atoms with Crippen LogP contribution >= 0.6 is 0 Å². The molecule has 0 radical (unpaired) electrons. The van der Waals surface area contributed by atoms with E-state index in [0.717, 1.165) is 18.5 Å². The molecule has 20 heavy (non-hydrogen) atoms. The van der Waals surface area contributed by atoms with Crippen molar-refractivity contribution >= 4 is 0 Å². The second-order valence-electron chi connectivity index (χ2n) is 5.92. The van der Waals surface area contributed by atoms with Crippen LogP contribution in [0.15, 0.2) is 30.3 Å². The summed E-state index contributed by atoms with van der Waals surface area (Å²) in [5.74, 6) is 0. The highest BCUT2D eigenvalue weighted by molar-refractivity contribution is 5.13. The zero-order chi connectivity index (χ0) is 14.8. The van der Waals surface area contributed by atoms with Crippen LogP contribution in [0.2, 0.25) is 0 Å². The van der Waals surface area contributed by atoms with Crippen LogP contribution in [0, 0.1) is 5.41 Å². The molecule has 1 aromatic carbocycles. The molecule has 0 heterocycles. The lowest BCUT2D eigenvalue weighted by atomic mass is 9.90. The SMILES string of the molecule is CC(C)(CCO)CNCC(O)COCc1ccccc1. The van der Waals surface area contributed by atoms with Crippen molar-refractivity contribution in [3.8, 4) is 0 Å². The predicted octanol–water partition coefficient (Wildman–Crippen LogP) is 1.56. The second-order valence-corrected chi connectivity index (χ2v) is 5.92. The molecule has 1 unspecified atom stereocenters. The minimum atomic E-state index is -0.511. The Hall–Kier alpha value is -0.940. The van der Waals surface area contributed by atoms with Crippen LogP contribution in [0.3, 0.4) is 0 Å². The van der Waals surface area contributed by atoms with Gasteiger partial charge in [0.2, 0.25) is 0 Å². The summed E-state index contributed by atoms with van der Waals surface area (Å²) in [6.45, 7) is 6.49. The first-order chi connectivity index (χ1) is 9.53. The van der Waals surface area contributed by atoms with Crippen LogP contribution in [0.4, 0.5) is 0 Å². The van der Waals surface area contributed by atoms with Crippen LogP contribution in [0.25, 0.3) is 0 Å². The summed E-state index contributed by atoms with van der Waals surface area (Å²) in [5.41, 5.74) is 1.15. The average molecular weight is 281 g/mol. The van der Waals surface area contributed by atoms with Crippen LogP contribution in [-0.4, -0.2) is 42.6 Å². The molecule has 0 bridgehead atoms. The summed E-state index contributed by atoms with van der Waals surface area (Å²) in [4.78, 5) is 0. The summed E-state index contributed by atoms with van der Waals surface area (Å²) in [6, 6.07) is 9.92. The van der Waals surface area contributed by atoms with Gasteiger partial charge in [0.1, 0.15) is 0 Å². The van der Waals surface area contributed by atoms with Gasteiger partial charge in [-0.1, -0.05) is 44.2 Å². The van der Waals surface area contributed by atoms with Gasteiger partial charge in [-0.3, -0.25) is 0 Å². The number of benzene rings is 1. The minimum absolute atomic E-state index is 0.0410. The molecule has 4 nitrogen and oxygen atoms in total. The third-order valence-corrected chi connectivity index (χ3v) is 3.19. The zero-order valence-electron chi connectivity index (χ0n) is 12.5. The van der Waals surface area contributed by atoms with Crippen molar-refractivity contribution in [1.82, 2.24) is 5.32 Å². The van der Waals surface area contributed by atoms with Crippen molar-refractivity contribution in [3.05, 3.63) is 35.9 Å². The largest absolute Gasteiger partial charge is 0.396 e. The van der Waals surface area contributed by atoms with Gasteiger partial charge in [-0.05, 0) is 17.4 Å². The van der Waals surface area contributed by atoms with E-state index < -0.39 is 6.10 Å². The second kappa shape index (κ2) is 9.08. The Balaban J connectivity index is 2.10. The van der Waals surface area contributed by atoms with Crippen LogP contribution in [-0.2, 0) is 11.3 Å². The number of aliphatic hydroxyl groups is 2. The van der Waals surface area contributed by atoms with E-state index in [9.17, 15) is 5.11 Å². The molecule has 0 aliphatic rings. The number of rotatable bonds is 10. The first-order valence-corrected chi connectivity index (χ1v) is 7.15. The monoisotopic (exact) mass is 281 g/mol. The van der Waals surface area contributed by atoms with Gasteiger partial charge in [0.05, 0.1) is 19.3 Å². The Labute approximate surface area is 121 Å². The highest BCUT2D eigenvalue weighted by atomic mass is 16.5. The average Bonchev–Trinajstić information content (AvgIpc) is 2.39. The molecule has 0 aromatic heterocycles. The Morgan fingerprint density at radius 3 is 2.60 bits per heavy atom. The molecule has 0 spiro atoms. The van der Waals surface area contributed by atoms with Crippen molar-refractivity contribution in [2.75, 3.05) is 26.3 Å². The van der Waals surface area contributed by atoms with Gasteiger partial charge >= 0.3 is 0 Å². The summed E-state index contributed by atoms with van der Waals surface area (Å²) in [5, 5.41) is 22.0. The highest BCUT2D eigenvalue weighted by Gasteiger charge is 2.17. The third-order valence-electron chi connectivity index (χ3n) is 3.19. The topological polar surface area (TPSA) is 61.7 Å². The number of nitrogens with one attached hydrogen (secondary N) is 1. The fourth-order valence-electron chi connectivity index (χ4n) is 1.91. The van der Waals surface area contributed by atoms with Crippen LogP contribution in [0.5, 0.6) is 0 Å². The quantitative estimate of drug-likeness (QED) is 0.609. The van der Waals surface area contributed by atoms with Gasteiger partial charge in [0.15, 0.2) is 0 Å². The highest BCUT2D eigenvalue weighted by Crippen LogP contribution is 2.17. The van der Waals surface area contributed by atoms with Gasteiger partial charge < -0.3 is 20.3 Å². The number of ether oxygens (including phenoxy) is 1. The Morgan fingerprint density at radius 1 is 1.25 bits per heavy atom. The number of hydrogen-bond acceptors (Lipinski definition) is 4. The smallest absolute Gasteiger partial charge is 0.0897 e. The fourth-order valence-corrected chi connectivity index (χ4v) is 1.91. The Morgan fingerprint density at radius 2 is 1.95 bits per heavy atom. The number of hydrogen-bond donors (Lipinski definition) is 3. The lowest BCUT2D eigenvalue weighted by Crippen LogP contribution is -2.36. The molecule has 114 valence electrons. The molecule has 0 saturated heterocycles. The maximum Gasteiger partial charge on any atom is 0.0897 e. The molecule has 0 aliphatic carbocycles. The van der Waals surface area contributed by atoms with E-state index in [1.54, 1.807) is 0 Å². The first kappa shape index (κ1) is 17.1. The molecule has 1 rings (SSSR count). The summed E-state index contributed by atoms with van der Waals surface area (Å²) < 4.78 is 5.48. The molecule has 4 heteroatoms. The van der Waals surface area contributed by atoms with E-state index in [-0.39, 0.29) is 12.0 Å². The van der Waals surface area contributed by atoms with E-state index in [4.69, 9.17) is 9.84 Å². The number of aliphatic hydroxyl groups excluding tert-OH is 2. The normalized spacial score (nSPS) is 13.4.